The van der Waals surface area contributed by atoms with Crippen molar-refractivity contribution in [2.45, 2.75) is 26.3 Å². The van der Waals surface area contributed by atoms with Crippen molar-refractivity contribution in [2.24, 2.45) is 4.99 Å². The molecular weight excluding hydrogens is 344 g/mol. The van der Waals surface area contributed by atoms with Crippen LogP contribution >= 0.6 is 23.6 Å². The van der Waals surface area contributed by atoms with Crippen LogP contribution < -0.4 is 0 Å². The van der Waals surface area contributed by atoms with E-state index in [1.807, 2.05) is 18.2 Å². The number of carboxylic acids is 1. The van der Waals surface area contributed by atoms with E-state index in [9.17, 15) is 9.90 Å². The quantitative estimate of drug-likeness (QED) is 0.781. The summed E-state index contributed by atoms with van der Waals surface area (Å²) in [7, 11) is 0. The van der Waals surface area contributed by atoms with Gasteiger partial charge in [0.2, 0.25) is 5.88 Å². The van der Waals surface area contributed by atoms with Crippen molar-refractivity contribution in [3.8, 4) is 5.88 Å². The first-order valence-electron chi connectivity index (χ1n) is 7.53. The van der Waals surface area contributed by atoms with Gasteiger partial charge >= 0.3 is 5.97 Å². The van der Waals surface area contributed by atoms with Crippen molar-refractivity contribution >= 4 is 53.1 Å². The molecule has 1 aromatic carbocycles. The third kappa shape index (κ3) is 3.05. The minimum absolute atomic E-state index is 0.00671. The Labute approximate surface area is 148 Å². The molecule has 124 valence electrons. The summed E-state index contributed by atoms with van der Waals surface area (Å²) in [6.45, 7) is 2.25. The number of fused-ring (bicyclic) bond motifs is 1. The summed E-state index contributed by atoms with van der Waals surface area (Å²) in [6, 6.07) is 6.06. The summed E-state index contributed by atoms with van der Waals surface area (Å²) in [6.07, 6.45) is 4.46. The number of carbonyl (C=O) groups is 1. The molecule has 5 nitrogen and oxygen atoms in total. The number of nitrogens with zero attached hydrogens (tertiary/aromatic N) is 2. The van der Waals surface area contributed by atoms with E-state index >= 15 is 0 Å². The molecule has 0 saturated heterocycles. The fourth-order valence-electron chi connectivity index (χ4n) is 2.63. The zero-order valence-electron chi connectivity index (χ0n) is 13.0. The van der Waals surface area contributed by atoms with E-state index in [0.717, 1.165) is 23.2 Å². The average Bonchev–Trinajstić information content (AvgIpc) is 3.07. The lowest BCUT2D eigenvalue weighted by Gasteiger charge is -2.04. The highest BCUT2D eigenvalue weighted by molar-refractivity contribution is 7.73. The number of allylic oxidation sites excluding steroid dienone is 1. The number of aliphatic imine (C=N–C) groups is 1. The highest BCUT2D eigenvalue weighted by atomic mass is 32.1. The van der Waals surface area contributed by atoms with Crippen LogP contribution in [0.25, 0.3) is 11.6 Å². The number of thiazole rings is 1. The summed E-state index contributed by atoms with van der Waals surface area (Å²) in [5.74, 6) is -0.918. The van der Waals surface area contributed by atoms with E-state index in [1.54, 1.807) is 6.21 Å². The van der Waals surface area contributed by atoms with Crippen molar-refractivity contribution in [1.82, 2.24) is 4.57 Å². The van der Waals surface area contributed by atoms with Crippen LogP contribution in [0, 0.1) is 3.95 Å². The lowest BCUT2D eigenvalue weighted by Crippen LogP contribution is -2.03. The van der Waals surface area contributed by atoms with E-state index in [2.05, 4.69) is 18.0 Å². The molecule has 3 rings (SSSR count). The predicted molar refractivity (Wildman–Crippen MR) is 98.9 cm³/mol. The summed E-state index contributed by atoms with van der Waals surface area (Å²) >= 11 is 6.50. The van der Waals surface area contributed by atoms with E-state index in [-0.39, 0.29) is 18.8 Å². The number of carboxylic acid groups (broad SMARTS) is 1. The first kappa shape index (κ1) is 16.6. The van der Waals surface area contributed by atoms with Gasteiger partial charge in [0.25, 0.3) is 0 Å². The molecule has 0 radical (unpaired) electrons. The number of benzene rings is 1. The number of aliphatic carboxylic acids is 1. The highest BCUT2D eigenvalue weighted by Gasteiger charge is 2.17. The normalized spacial score (nSPS) is 14.3. The third-order valence-electron chi connectivity index (χ3n) is 3.87. The van der Waals surface area contributed by atoms with Gasteiger partial charge in [-0.05, 0) is 30.3 Å². The van der Waals surface area contributed by atoms with Crippen LogP contribution in [0.5, 0.6) is 5.88 Å². The first-order chi connectivity index (χ1) is 11.5. The van der Waals surface area contributed by atoms with Gasteiger partial charge in [-0.2, -0.15) is 0 Å². The molecule has 0 bridgehead atoms. The molecular formula is C17H16N2O3S2. The van der Waals surface area contributed by atoms with Gasteiger partial charge in [0.05, 0.1) is 17.0 Å². The molecule has 0 atom stereocenters. The molecule has 2 aromatic rings. The fraction of sp³-hybridized carbons (Fsp3) is 0.235. The summed E-state index contributed by atoms with van der Waals surface area (Å²) in [5, 5.41) is 19.2. The average molecular weight is 360 g/mol. The van der Waals surface area contributed by atoms with Crippen LogP contribution in [0.15, 0.2) is 23.2 Å². The minimum Gasteiger partial charge on any atom is -0.493 e. The van der Waals surface area contributed by atoms with E-state index in [4.69, 9.17) is 17.3 Å². The molecule has 1 aromatic heterocycles. The van der Waals surface area contributed by atoms with Gasteiger partial charge in [-0.15, -0.1) is 11.3 Å². The Hall–Kier alpha value is -2.25. The number of hydrogen-bond acceptors (Lipinski definition) is 5. The third-order valence-corrected chi connectivity index (χ3v) is 5.26. The Bertz CT molecular complexity index is 922. The summed E-state index contributed by atoms with van der Waals surface area (Å²) < 4.78 is 1.91. The second-order valence-electron chi connectivity index (χ2n) is 5.38. The predicted octanol–water partition coefficient (Wildman–Crippen LogP) is 4.28. The van der Waals surface area contributed by atoms with Gasteiger partial charge in [-0.25, -0.2) is 0 Å². The van der Waals surface area contributed by atoms with Crippen molar-refractivity contribution in [3.63, 3.8) is 0 Å². The van der Waals surface area contributed by atoms with Gasteiger partial charge in [0.1, 0.15) is 0 Å². The van der Waals surface area contributed by atoms with Gasteiger partial charge in [-0.3, -0.25) is 14.4 Å². The number of aryl methyl sites for hydroxylation is 1. The Morgan fingerprint density at radius 1 is 1.46 bits per heavy atom. The van der Waals surface area contributed by atoms with Gasteiger partial charge in [0, 0.05) is 23.9 Å². The molecule has 0 unspecified atom stereocenters. The van der Waals surface area contributed by atoms with E-state index < -0.39 is 5.97 Å². The van der Waals surface area contributed by atoms with Crippen LogP contribution in [-0.2, 0) is 17.8 Å². The number of aromatic nitrogens is 1. The van der Waals surface area contributed by atoms with E-state index in [0.29, 0.717) is 8.83 Å². The number of aromatic hydroxyl groups is 1. The molecule has 0 saturated carbocycles. The fourth-order valence-corrected chi connectivity index (χ4v) is 3.95. The second kappa shape index (κ2) is 6.70. The second-order valence-corrected chi connectivity index (χ2v) is 7.05. The molecule has 0 aliphatic carbocycles. The maximum absolute atomic E-state index is 10.7. The zero-order chi connectivity index (χ0) is 17.3. The monoisotopic (exact) mass is 360 g/mol. The Kier molecular flexibility index (Phi) is 4.64. The molecule has 0 fully saturated rings. The van der Waals surface area contributed by atoms with Crippen molar-refractivity contribution < 1.29 is 15.0 Å². The Morgan fingerprint density at radius 3 is 2.96 bits per heavy atom. The summed E-state index contributed by atoms with van der Waals surface area (Å²) in [5.41, 5.74) is 4.10. The standard InChI is InChI=1S/C17H16N2O3S2/c1-2-10-4-3-5-12-11(9-18-15(10)12)8-13-16(22)19(17(23)24-13)7-6-14(20)21/h3-5,8-9,22H,2,6-7H2,1H3,(H,20,21)/b11-8+. The van der Waals surface area contributed by atoms with Crippen LogP contribution in [0.4, 0.5) is 5.69 Å². The topological polar surface area (TPSA) is 74.8 Å². The maximum Gasteiger partial charge on any atom is 0.305 e. The number of hydrogen-bond donors (Lipinski definition) is 2. The Balaban J connectivity index is 1.98. The number of para-hydroxylation sites is 1. The Morgan fingerprint density at radius 2 is 2.25 bits per heavy atom. The van der Waals surface area contributed by atoms with Gasteiger partial charge < -0.3 is 10.2 Å². The largest absolute Gasteiger partial charge is 0.493 e. The number of rotatable bonds is 5. The van der Waals surface area contributed by atoms with Crippen LogP contribution in [0.2, 0.25) is 0 Å². The van der Waals surface area contributed by atoms with Crippen molar-refractivity contribution in [2.75, 3.05) is 0 Å². The SMILES string of the molecule is CCc1cccc2c1N=C/C2=C\c1sc(=S)n(CCC(=O)O)c1O. The molecule has 2 heterocycles. The molecule has 1 aliphatic rings. The molecule has 0 spiro atoms. The summed E-state index contributed by atoms with van der Waals surface area (Å²) in [4.78, 5) is 15.8. The smallest absolute Gasteiger partial charge is 0.305 e. The lowest BCUT2D eigenvalue weighted by molar-refractivity contribution is -0.137. The first-order valence-corrected chi connectivity index (χ1v) is 8.76. The van der Waals surface area contributed by atoms with Crippen LogP contribution in [0.1, 0.15) is 29.3 Å². The lowest BCUT2D eigenvalue weighted by atomic mass is 10.0. The zero-order valence-corrected chi connectivity index (χ0v) is 14.7. The maximum atomic E-state index is 10.7. The van der Waals surface area contributed by atoms with Crippen molar-refractivity contribution in [1.29, 1.82) is 0 Å². The van der Waals surface area contributed by atoms with Gasteiger partial charge in [0.15, 0.2) is 3.95 Å². The molecule has 2 N–H and O–H groups in total. The molecule has 0 amide bonds. The molecule has 24 heavy (non-hydrogen) atoms. The van der Waals surface area contributed by atoms with E-state index in [1.165, 1.54) is 21.5 Å². The van der Waals surface area contributed by atoms with Crippen LogP contribution in [-0.4, -0.2) is 27.0 Å². The van der Waals surface area contributed by atoms with Crippen LogP contribution in [0.3, 0.4) is 0 Å². The van der Waals surface area contributed by atoms with Crippen molar-refractivity contribution in [3.05, 3.63) is 38.2 Å². The minimum atomic E-state index is -0.925. The van der Waals surface area contributed by atoms with Gasteiger partial charge in [-0.1, -0.05) is 25.1 Å². The molecule has 1 aliphatic heterocycles. The highest BCUT2D eigenvalue weighted by Crippen LogP contribution is 2.38. The molecule has 7 heteroatoms.